The molecular formula is C16H22O9. The van der Waals surface area contributed by atoms with E-state index in [9.17, 15) is 24.0 Å². The van der Waals surface area contributed by atoms with Crippen LogP contribution in [0.5, 0.6) is 0 Å². The number of hydrogen-bond acceptors (Lipinski definition) is 9. The van der Waals surface area contributed by atoms with Crippen molar-refractivity contribution >= 4 is 29.7 Å². The molecule has 0 N–H and O–H groups in total. The summed E-state index contributed by atoms with van der Waals surface area (Å²) >= 11 is 0. The van der Waals surface area contributed by atoms with Crippen molar-refractivity contribution in [2.24, 2.45) is 0 Å². The van der Waals surface area contributed by atoms with Crippen LogP contribution in [0.15, 0.2) is 0 Å². The molecule has 0 heterocycles. The van der Waals surface area contributed by atoms with Crippen molar-refractivity contribution in [2.75, 3.05) is 0 Å². The first-order valence-electron chi connectivity index (χ1n) is 7.69. The zero-order valence-corrected chi connectivity index (χ0v) is 14.8. The second-order valence-corrected chi connectivity index (χ2v) is 5.92. The lowest BCUT2D eigenvalue weighted by Crippen LogP contribution is -2.60. The summed E-state index contributed by atoms with van der Waals surface area (Å²) < 4.78 is 20.7. The summed E-state index contributed by atoms with van der Waals surface area (Å²) in [5.41, 5.74) is -1.65. The van der Waals surface area contributed by atoms with E-state index in [1.54, 1.807) is 0 Å². The molecule has 0 bridgehead atoms. The van der Waals surface area contributed by atoms with Crippen molar-refractivity contribution in [3.8, 4) is 0 Å². The minimum Gasteiger partial charge on any atom is -0.458 e. The second kappa shape index (κ2) is 8.09. The van der Waals surface area contributed by atoms with Crippen molar-refractivity contribution in [1.29, 1.82) is 0 Å². The van der Waals surface area contributed by atoms with Gasteiger partial charge in [0.25, 0.3) is 0 Å². The molecule has 9 nitrogen and oxygen atoms in total. The van der Waals surface area contributed by atoms with Crippen molar-refractivity contribution in [2.45, 2.75) is 71.4 Å². The van der Waals surface area contributed by atoms with Gasteiger partial charge in [0, 0.05) is 40.5 Å². The zero-order chi connectivity index (χ0) is 19.4. The maximum Gasteiger partial charge on any atom is 0.303 e. The van der Waals surface area contributed by atoms with E-state index in [0.717, 1.165) is 27.7 Å². The Hall–Kier alpha value is -2.45. The molecule has 0 saturated heterocycles. The predicted molar refractivity (Wildman–Crippen MR) is 81.1 cm³/mol. The lowest BCUT2D eigenvalue weighted by molar-refractivity contribution is -0.214. The predicted octanol–water partition coefficient (Wildman–Crippen LogP) is 0.466. The van der Waals surface area contributed by atoms with Crippen molar-refractivity contribution in [1.82, 2.24) is 0 Å². The fraction of sp³-hybridized carbons (Fsp3) is 0.688. The van der Waals surface area contributed by atoms with E-state index in [4.69, 9.17) is 18.9 Å². The lowest BCUT2D eigenvalue weighted by Gasteiger charge is -2.44. The number of carbonyl (C=O) groups is 5. The smallest absolute Gasteiger partial charge is 0.303 e. The first-order valence-corrected chi connectivity index (χ1v) is 7.69. The molecule has 1 aliphatic rings. The maximum atomic E-state index is 12.2. The summed E-state index contributed by atoms with van der Waals surface area (Å²) in [7, 11) is 0. The highest BCUT2D eigenvalue weighted by atomic mass is 16.6. The summed E-state index contributed by atoms with van der Waals surface area (Å²) in [6, 6.07) is 0. The quantitative estimate of drug-likeness (QED) is 0.509. The molecule has 1 rings (SSSR count). The molecule has 0 unspecified atom stereocenters. The first kappa shape index (κ1) is 20.6. The Morgan fingerprint density at radius 2 is 1.08 bits per heavy atom. The van der Waals surface area contributed by atoms with E-state index in [1.165, 1.54) is 6.92 Å². The van der Waals surface area contributed by atoms with Crippen LogP contribution in [0, 0.1) is 0 Å². The third-order valence-electron chi connectivity index (χ3n) is 3.71. The van der Waals surface area contributed by atoms with Crippen molar-refractivity contribution in [3.05, 3.63) is 0 Å². The largest absolute Gasteiger partial charge is 0.458 e. The molecule has 1 fully saturated rings. The Kier molecular flexibility index (Phi) is 6.66. The number of esters is 4. The molecule has 0 amide bonds. The van der Waals surface area contributed by atoms with Crippen LogP contribution in [0.25, 0.3) is 0 Å². The van der Waals surface area contributed by atoms with Gasteiger partial charge in [0.1, 0.15) is 12.2 Å². The minimum absolute atomic E-state index is 0.211. The average Bonchev–Trinajstić information content (AvgIpc) is 2.40. The van der Waals surface area contributed by atoms with Crippen LogP contribution in [0.3, 0.4) is 0 Å². The van der Waals surface area contributed by atoms with Gasteiger partial charge < -0.3 is 18.9 Å². The van der Waals surface area contributed by atoms with E-state index in [-0.39, 0.29) is 12.8 Å². The zero-order valence-electron chi connectivity index (χ0n) is 14.8. The summed E-state index contributed by atoms with van der Waals surface area (Å²) in [6.45, 7) is 5.77. The molecular weight excluding hydrogens is 336 g/mol. The van der Waals surface area contributed by atoms with Gasteiger partial charge in [-0.3, -0.25) is 24.0 Å². The number of ketones is 1. The van der Waals surface area contributed by atoms with Gasteiger partial charge in [0.2, 0.25) is 0 Å². The highest BCUT2D eigenvalue weighted by Crippen LogP contribution is 2.38. The topological polar surface area (TPSA) is 122 Å². The van der Waals surface area contributed by atoms with Crippen LogP contribution in [0.1, 0.15) is 47.5 Å². The number of Topliss-reactive ketones (excluding diaryl/α,β-unsaturated/α-hetero) is 1. The SMILES string of the molecule is CC(=O)OC1[C@H](OC(C)=O)CC(OC(C)=O)(C(C)=O)C[C@H]1OC(C)=O. The Morgan fingerprint density at radius 1 is 0.680 bits per heavy atom. The first-order chi connectivity index (χ1) is 11.5. The third kappa shape index (κ3) is 5.54. The van der Waals surface area contributed by atoms with Gasteiger partial charge in [-0.2, -0.15) is 0 Å². The Labute approximate surface area is 144 Å². The molecule has 0 aromatic heterocycles. The van der Waals surface area contributed by atoms with Gasteiger partial charge in [-0.25, -0.2) is 0 Å². The summed E-state index contributed by atoms with van der Waals surface area (Å²) in [6.07, 6.45) is -3.78. The fourth-order valence-electron chi connectivity index (χ4n) is 2.91. The molecule has 0 aliphatic heterocycles. The standard InChI is InChI=1S/C16H22O9/c1-8(17)16(25-12(5)21)6-13(22-9(2)18)15(24-11(4)20)14(7-16)23-10(3)19/h13-15H,6-7H2,1-5H3/t13-,14-,15?,16?/m1/s1. The van der Waals surface area contributed by atoms with Gasteiger partial charge in [-0.05, 0) is 6.92 Å². The highest BCUT2D eigenvalue weighted by molar-refractivity contribution is 5.88. The fourth-order valence-corrected chi connectivity index (χ4v) is 2.91. The van der Waals surface area contributed by atoms with E-state index < -0.39 is 53.6 Å². The molecule has 0 radical (unpaired) electrons. The van der Waals surface area contributed by atoms with Gasteiger partial charge in [-0.15, -0.1) is 0 Å². The molecule has 1 saturated carbocycles. The third-order valence-corrected chi connectivity index (χ3v) is 3.71. The van der Waals surface area contributed by atoms with Gasteiger partial charge >= 0.3 is 23.9 Å². The number of rotatable bonds is 5. The molecule has 2 atom stereocenters. The van der Waals surface area contributed by atoms with Crippen LogP contribution >= 0.6 is 0 Å². The average molecular weight is 358 g/mol. The molecule has 1 aliphatic carbocycles. The monoisotopic (exact) mass is 358 g/mol. The molecule has 25 heavy (non-hydrogen) atoms. The van der Waals surface area contributed by atoms with Crippen LogP contribution in [-0.4, -0.2) is 53.6 Å². The molecule has 140 valence electrons. The van der Waals surface area contributed by atoms with Crippen LogP contribution in [0.2, 0.25) is 0 Å². The van der Waals surface area contributed by atoms with Crippen molar-refractivity contribution < 1.29 is 42.9 Å². The van der Waals surface area contributed by atoms with Crippen LogP contribution < -0.4 is 0 Å². The minimum atomic E-state index is -1.65. The summed E-state index contributed by atoms with van der Waals surface area (Å²) in [5, 5.41) is 0. The highest BCUT2D eigenvalue weighted by Gasteiger charge is 2.55. The molecule has 0 aromatic carbocycles. The van der Waals surface area contributed by atoms with Gasteiger partial charge in [0.15, 0.2) is 17.5 Å². The van der Waals surface area contributed by atoms with E-state index in [0.29, 0.717) is 0 Å². The van der Waals surface area contributed by atoms with Crippen LogP contribution in [0.4, 0.5) is 0 Å². The van der Waals surface area contributed by atoms with Crippen molar-refractivity contribution in [3.63, 3.8) is 0 Å². The maximum absolute atomic E-state index is 12.2. The van der Waals surface area contributed by atoms with E-state index in [1.807, 2.05) is 0 Å². The molecule has 9 heteroatoms. The molecule has 0 aromatic rings. The van der Waals surface area contributed by atoms with Gasteiger partial charge in [-0.1, -0.05) is 0 Å². The number of carbonyl (C=O) groups excluding carboxylic acids is 5. The number of hydrogen-bond donors (Lipinski definition) is 0. The second-order valence-electron chi connectivity index (χ2n) is 5.92. The van der Waals surface area contributed by atoms with E-state index >= 15 is 0 Å². The summed E-state index contributed by atoms with van der Waals surface area (Å²) in [4.78, 5) is 57.9. The lowest BCUT2D eigenvalue weighted by atomic mass is 9.76. The van der Waals surface area contributed by atoms with E-state index in [2.05, 4.69) is 0 Å². The summed E-state index contributed by atoms with van der Waals surface area (Å²) in [5.74, 6) is -3.28. The van der Waals surface area contributed by atoms with Gasteiger partial charge in [0.05, 0.1) is 0 Å². The Bertz CT molecular complexity index is 554. The number of ether oxygens (including phenoxy) is 4. The van der Waals surface area contributed by atoms with Crippen LogP contribution in [-0.2, 0) is 42.9 Å². The Morgan fingerprint density at radius 3 is 1.36 bits per heavy atom. The normalized spacial score (nSPS) is 28.4. The Balaban J connectivity index is 3.32. The molecule has 0 spiro atoms.